The van der Waals surface area contributed by atoms with E-state index in [1.165, 1.54) is 0 Å². The van der Waals surface area contributed by atoms with Crippen LogP contribution in [-0.4, -0.2) is 17.1 Å². The summed E-state index contributed by atoms with van der Waals surface area (Å²) in [5.41, 5.74) is 1.18. The van der Waals surface area contributed by atoms with Crippen molar-refractivity contribution in [1.82, 2.24) is 9.97 Å². The molecule has 0 amide bonds. The number of ether oxygens (including phenoxy) is 1. The second-order valence-electron chi connectivity index (χ2n) is 4.80. The van der Waals surface area contributed by atoms with Crippen molar-refractivity contribution < 1.29 is 4.74 Å². The summed E-state index contributed by atoms with van der Waals surface area (Å²) in [6.07, 6.45) is 3.38. The van der Waals surface area contributed by atoms with Gasteiger partial charge in [0.1, 0.15) is 17.0 Å². The Morgan fingerprint density at radius 3 is 2.80 bits per heavy atom. The van der Waals surface area contributed by atoms with Gasteiger partial charge in [0.2, 0.25) is 0 Å². The predicted molar refractivity (Wildman–Crippen MR) is 78.2 cm³/mol. The number of halogens is 1. The molecule has 0 saturated heterocycles. The minimum absolute atomic E-state index is 0.477. The molecule has 0 radical (unpaired) electrons. The van der Waals surface area contributed by atoms with Gasteiger partial charge in [0.25, 0.3) is 0 Å². The Hall–Kier alpha value is -1.93. The summed E-state index contributed by atoms with van der Waals surface area (Å²) in [5.74, 6) is 1.36. The Labute approximate surface area is 125 Å². The highest BCUT2D eigenvalue weighted by Crippen LogP contribution is 2.46. The van der Waals surface area contributed by atoms with Crippen LogP contribution in [0.15, 0.2) is 34.9 Å². The van der Waals surface area contributed by atoms with E-state index in [-0.39, 0.29) is 0 Å². The van der Waals surface area contributed by atoms with Crippen LogP contribution in [0.5, 0.6) is 5.75 Å². The third kappa shape index (κ3) is 2.16. The fraction of sp³-hybridized carbons (Fsp3) is 0.267. The van der Waals surface area contributed by atoms with Gasteiger partial charge in [0.15, 0.2) is 0 Å². The van der Waals surface area contributed by atoms with E-state index in [0.717, 1.165) is 34.3 Å². The van der Waals surface area contributed by atoms with Gasteiger partial charge < -0.3 is 4.74 Å². The molecule has 4 nitrogen and oxygen atoms in total. The minimum atomic E-state index is -0.477. The van der Waals surface area contributed by atoms with Gasteiger partial charge >= 0.3 is 0 Å². The van der Waals surface area contributed by atoms with Crippen molar-refractivity contribution in [3.05, 3.63) is 40.8 Å². The monoisotopic (exact) mass is 329 g/mol. The van der Waals surface area contributed by atoms with Crippen molar-refractivity contribution >= 4 is 15.9 Å². The standard InChI is InChI=1S/C15H12BrN3O/c1-20-13-3-2-10(16)8-11(13)12-4-7-18-14(19-12)15(9-17)5-6-15/h2-4,7-8H,5-6H2,1H3. The van der Waals surface area contributed by atoms with E-state index in [1.54, 1.807) is 13.3 Å². The van der Waals surface area contributed by atoms with Crippen LogP contribution in [0.2, 0.25) is 0 Å². The Kier molecular flexibility index (Phi) is 3.19. The molecular formula is C15H12BrN3O. The number of benzene rings is 1. The number of hydrogen-bond acceptors (Lipinski definition) is 4. The number of hydrogen-bond donors (Lipinski definition) is 0. The highest BCUT2D eigenvalue weighted by atomic mass is 79.9. The van der Waals surface area contributed by atoms with Crippen molar-refractivity contribution in [3.63, 3.8) is 0 Å². The topological polar surface area (TPSA) is 58.8 Å². The number of methoxy groups -OCH3 is 1. The SMILES string of the molecule is COc1ccc(Br)cc1-c1ccnc(C2(C#N)CC2)n1. The number of rotatable bonds is 3. The molecule has 3 rings (SSSR count). The highest BCUT2D eigenvalue weighted by molar-refractivity contribution is 9.10. The first-order chi connectivity index (χ1) is 9.68. The summed E-state index contributed by atoms with van der Waals surface area (Å²) in [6, 6.07) is 9.92. The van der Waals surface area contributed by atoms with Gasteiger partial charge in [0, 0.05) is 16.2 Å². The first kappa shape index (κ1) is 13.1. The number of aromatic nitrogens is 2. The van der Waals surface area contributed by atoms with Crippen molar-refractivity contribution in [3.8, 4) is 23.1 Å². The van der Waals surface area contributed by atoms with Gasteiger partial charge in [-0.15, -0.1) is 0 Å². The van der Waals surface area contributed by atoms with E-state index in [9.17, 15) is 5.26 Å². The lowest BCUT2D eigenvalue weighted by molar-refractivity contribution is 0.416. The Balaban J connectivity index is 2.10. The van der Waals surface area contributed by atoms with Crippen molar-refractivity contribution in [2.24, 2.45) is 0 Å². The molecule has 0 bridgehead atoms. The fourth-order valence-corrected chi connectivity index (χ4v) is 2.49. The van der Waals surface area contributed by atoms with Crippen LogP contribution < -0.4 is 4.74 Å². The van der Waals surface area contributed by atoms with Crippen LogP contribution in [0.1, 0.15) is 18.7 Å². The summed E-state index contributed by atoms with van der Waals surface area (Å²) < 4.78 is 6.33. The van der Waals surface area contributed by atoms with Gasteiger partial charge in [-0.3, -0.25) is 0 Å². The highest BCUT2D eigenvalue weighted by Gasteiger charge is 2.48. The lowest BCUT2D eigenvalue weighted by atomic mass is 10.1. The van der Waals surface area contributed by atoms with Gasteiger partial charge in [-0.2, -0.15) is 5.26 Å². The smallest absolute Gasteiger partial charge is 0.149 e. The maximum atomic E-state index is 9.25. The summed E-state index contributed by atoms with van der Waals surface area (Å²) in [5, 5.41) is 9.25. The van der Waals surface area contributed by atoms with Crippen molar-refractivity contribution in [2.75, 3.05) is 7.11 Å². The average Bonchev–Trinajstić information content (AvgIpc) is 3.28. The zero-order valence-electron chi connectivity index (χ0n) is 10.9. The molecule has 0 N–H and O–H groups in total. The summed E-state index contributed by atoms with van der Waals surface area (Å²) in [4.78, 5) is 8.82. The summed E-state index contributed by atoms with van der Waals surface area (Å²) in [6.45, 7) is 0. The molecule has 0 unspecified atom stereocenters. The van der Waals surface area contributed by atoms with E-state index in [2.05, 4.69) is 32.0 Å². The minimum Gasteiger partial charge on any atom is -0.496 e. The Bertz CT molecular complexity index is 705. The van der Waals surface area contributed by atoms with Gasteiger partial charge in [-0.25, -0.2) is 9.97 Å². The maximum Gasteiger partial charge on any atom is 0.149 e. The molecule has 5 heteroatoms. The van der Waals surface area contributed by atoms with E-state index in [4.69, 9.17) is 4.74 Å². The van der Waals surface area contributed by atoms with Crippen LogP contribution in [0.4, 0.5) is 0 Å². The van der Waals surface area contributed by atoms with Crippen LogP contribution in [0.25, 0.3) is 11.3 Å². The van der Waals surface area contributed by atoms with E-state index in [0.29, 0.717) is 5.82 Å². The van der Waals surface area contributed by atoms with Gasteiger partial charge in [-0.05, 0) is 37.1 Å². The molecule has 1 aliphatic rings. The van der Waals surface area contributed by atoms with E-state index in [1.807, 2.05) is 24.3 Å². The average molecular weight is 330 g/mol. The Morgan fingerprint density at radius 2 is 2.15 bits per heavy atom. The fourth-order valence-electron chi connectivity index (χ4n) is 2.13. The van der Waals surface area contributed by atoms with Crippen LogP contribution in [0, 0.1) is 11.3 Å². The maximum absolute atomic E-state index is 9.25. The first-order valence-corrected chi connectivity index (χ1v) is 7.06. The quantitative estimate of drug-likeness (QED) is 0.865. The molecule has 2 aromatic rings. The summed E-state index contributed by atoms with van der Waals surface area (Å²) >= 11 is 3.46. The van der Waals surface area contributed by atoms with Gasteiger partial charge in [-0.1, -0.05) is 15.9 Å². The van der Waals surface area contributed by atoms with E-state index >= 15 is 0 Å². The molecule has 0 atom stereocenters. The third-order valence-corrected chi connectivity index (χ3v) is 3.98. The second-order valence-corrected chi connectivity index (χ2v) is 5.72. The molecule has 100 valence electrons. The molecule has 1 heterocycles. The van der Waals surface area contributed by atoms with Crippen molar-refractivity contribution in [2.45, 2.75) is 18.3 Å². The van der Waals surface area contributed by atoms with E-state index < -0.39 is 5.41 Å². The zero-order chi connectivity index (χ0) is 14.2. The number of nitrogens with zero attached hydrogens (tertiary/aromatic N) is 3. The van der Waals surface area contributed by atoms with Crippen LogP contribution in [-0.2, 0) is 5.41 Å². The summed E-state index contributed by atoms with van der Waals surface area (Å²) in [7, 11) is 1.63. The van der Waals surface area contributed by atoms with Gasteiger partial charge in [0.05, 0.1) is 18.9 Å². The van der Waals surface area contributed by atoms with Crippen LogP contribution in [0.3, 0.4) is 0 Å². The molecule has 1 saturated carbocycles. The zero-order valence-corrected chi connectivity index (χ0v) is 12.5. The molecular weight excluding hydrogens is 318 g/mol. The largest absolute Gasteiger partial charge is 0.496 e. The lowest BCUT2D eigenvalue weighted by Crippen LogP contribution is -2.09. The second kappa shape index (κ2) is 4.88. The van der Waals surface area contributed by atoms with Crippen LogP contribution >= 0.6 is 15.9 Å². The molecule has 1 aliphatic carbocycles. The molecule has 1 aromatic carbocycles. The molecule has 0 aliphatic heterocycles. The normalized spacial score (nSPS) is 15.4. The molecule has 20 heavy (non-hydrogen) atoms. The van der Waals surface area contributed by atoms with Crippen molar-refractivity contribution in [1.29, 1.82) is 5.26 Å². The Morgan fingerprint density at radius 1 is 1.35 bits per heavy atom. The first-order valence-electron chi connectivity index (χ1n) is 6.27. The predicted octanol–water partition coefficient (Wildman–Crippen LogP) is 3.47. The number of nitriles is 1. The third-order valence-electron chi connectivity index (χ3n) is 3.49. The molecule has 1 aromatic heterocycles. The lowest BCUT2D eigenvalue weighted by Gasteiger charge is -2.10. The molecule has 0 spiro atoms. The molecule has 1 fully saturated rings.